The number of allylic oxidation sites excluding steroid dienone is 4. The van der Waals surface area contributed by atoms with E-state index in [1.807, 2.05) is 13.8 Å². The first kappa shape index (κ1) is 28.5. The number of hydrogen-bond acceptors (Lipinski definition) is 6. The molecule has 0 aromatic carbocycles. The lowest BCUT2D eigenvalue weighted by Crippen LogP contribution is -2.40. The fourth-order valence-electron chi connectivity index (χ4n) is 4.84. The van der Waals surface area contributed by atoms with Gasteiger partial charge in [0, 0.05) is 41.6 Å². The van der Waals surface area contributed by atoms with Gasteiger partial charge in [0.25, 0.3) is 0 Å². The zero-order chi connectivity index (χ0) is 27.8. The number of alkyl halides is 6. The molecule has 4 rings (SSSR count). The molecule has 208 valence electrons. The van der Waals surface area contributed by atoms with E-state index in [-0.39, 0.29) is 36.5 Å². The number of nitrogens with one attached hydrogen (secondary N) is 1. The molecule has 0 fully saturated rings. The number of hydrogen-bond donors (Lipinski definition) is 1. The predicted molar refractivity (Wildman–Crippen MR) is 137 cm³/mol. The van der Waals surface area contributed by atoms with Gasteiger partial charge in [-0.15, -0.1) is 0 Å². The minimum absolute atomic E-state index is 0.0445. The van der Waals surface area contributed by atoms with Crippen molar-refractivity contribution in [3.8, 4) is 0 Å². The third-order valence-electron chi connectivity index (χ3n) is 6.64. The monoisotopic (exact) mass is 559 g/mol. The van der Waals surface area contributed by atoms with Gasteiger partial charge in [0.15, 0.2) is 5.16 Å². The fraction of sp³-hybridized carbons (Fsp3) is 0.577. The van der Waals surface area contributed by atoms with E-state index in [1.165, 1.54) is 30.8 Å². The van der Waals surface area contributed by atoms with Crippen molar-refractivity contribution < 1.29 is 26.3 Å². The first-order valence-corrected chi connectivity index (χ1v) is 13.5. The Morgan fingerprint density at radius 3 is 2.34 bits per heavy atom. The minimum Gasteiger partial charge on any atom is -0.356 e. The first-order chi connectivity index (χ1) is 17.7. The van der Waals surface area contributed by atoms with Crippen LogP contribution in [0.25, 0.3) is 0 Å². The van der Waals surface area contributed by atoms with Gasteiger partial charge in [-0.1, -0.05) is 44.7 Å². The maximum Gasteiger partial charge on any atom is 0.419 e. The predicted octanol–water partition coefficient (Wildman–Crippen LogP) is 6.88. The standard InChI is InChI=1S/C26H31F6N5S/c1-14(2)38-24-35-21-10-12-37(23-20(26(30,31)32)7-5-16(4)33-23)11-9-18(21)22(36-24)34-17-6-8-19(15(3)13-17)25(27,28)29/h6-8,14-16H,5,9-13H2,1-4H3,(H,34,35,36). The second kappa shape index (κ2) is 10.9. The summed E-state index contributed by atoms with van der Waals surface area (Å²) in [4.78, 5) is 15.4. The molecule has 12 heteroatoms. The van der Waals surface area contributed by atoms with E-state index in [9.17, 15) is 26.3 Å². The van der Waals surface area contributed by atoms with Crippen LogP contribution in [0, 0.1) is 5.92 Å². The zero-order valence-electron chi connectivity index (χ0n) is 21.7. The number of amidine groups is 1. The minimum atomic E-state index is -4.50. The Kier molecular flexibility index (Phi) is 8.20. The van der Waals surface area contributed by atoms with Gasteiger partial charge in [-0.2, -0.15) is 26.3 Å². The largest absolute Gasteiger partial charge is 0.419 e. The lowest BCUT2D eigenvalue weighted by Gasteiger charge is -2.30. The highest BCUT2D eigenvalue weighted by Gasteiger charge is 2.41. The van der Waals surface area contributed by atoms with Crippen molar-refractivity contribution in [3.05, 3.63) is 46.3 Å². The number of halogens is 6. The Balaban J connectivity index is 1.65. The summed E-state index contributed by atoms with van der Waals surface area (Å²) >= 11 is 1.45. The number of aliphatic imine (C=N–C) groups is 1. The smallest absolute Gasteiger partial charge is 0.356 e. The maximum absolute atomic E-state index is 13.8. The Hall–Kier alpha value is -2.50. The Morgan fingerprint density at radius 1 is 1.00 bits per heavy atom. The fourth-order valence-corrected chi connectivity index (χ4v) is 5.57. The van der Waals surface area contributed by atoms with Crippen LogP contribution in [0.5, 0.6) is 0 Å². The molecule has 0 radical (unpaired) electrons. The van der Waals surface area contributed by atoms with E-state index < -0.39 is 29.4 Å². The van der Waals surface area contributed by atoms with Gasteiger partial charge in [-0.3, -0.25) is 4.99 Å². The highest BCUT2D eigenvalue weighted by molar-refractivity contribution is 7.99. The summed E-state index contributed by atoms with van der Waals surface area (Å²) in [5.74, 6) is -0.272. The molecule has 3 heterocycles. The Labute approximate surface area is 222 Å². The zero-order valence-corrected chi connectivity index (χ0v) is 22.5. The van der Waals surface area contributed by atoms with Crippen molar-refractivity contribution in [2.75, 3.05) is 18.4 Å². The summed E-state index contributed by atoms with van der Waals surface area (Å²) in [5, 5.41) is 3.94. The van der Waals surface area contributed by atoms with Gasteiger partial charge in [-0.05, 0) is 38.2 Å². The molecule has 38 heavy (non-hydrogen) atoms. The van der Waals surface area contributed by atoms with Crippen molar-refractivity contribution in [1.82, 2.24) is 14.9 Å². The number of nitrogens with zero attached hydrogens (tertiary/aromatic N) is 4. The van der Waals surface area contributed by atoms with Crippen LogP contribution in [0.1, 0.15) is 51.8 Å². The van der Waals surface area contributed by atoms with Gasteiger partial charge < -0.3 is 10.2 Å². The van der Waals surface area contributed by atoms with E-state index in [0.717, 1.165) is 17.3 Å². The topological polar surface area (TPSA) is 53.4 Å². The normalized spacial score (nSPS) is 22.8. The molecular weight excluding hydrogens is 528 g/mol. The van der Waals surface area contributed by atoms with Crippen LogP contribution in [-0.2, 0) is 12.8 Å². The highest BCUT2D eigenvalue weighted by Crippen LogP contribution is 2.38. The quantitative estimate of drug-likeness (QED) is 0.248. The van der Waals surface area contributed by atoms with Gasteiger partial charge in [-0.25, -0.2) is 9.97 Å². The third-order valence-corrected chi connectivity index (χ3v) is 7.51. The number of thioether (sulfide) groups is 1. The average molecular weight is 560 g/mol. The number of dihydropyridines is 1. The van der Waals surface area contributed by atoms with Crippen LogP contribution in [0.15, 0.2) is 45.2 Å². The van der Waals surface area contributed by atoms with Crippen LogP contribution >= 0.6 is 11.8 Å². The molecule has 1 aromatic heterocycles. The van der Waals surface area contributed by atoms with Crippen LogP contribution in [0.3, 0.4) is 0 Å². The summed E-state index contributed by atoms with van der Waals surface area (Å²) < 4.78 is 81.2. The van der Waals surface area contributed by atoms with Gasteiger partial charge in [0.2, 0.25) is 0 Å². The van der Waals surface area contributed by atoms with Gasteiger partial charge >= 0.3 is 12.4 Å². The molecule has 3 aliphatic rings. The van der Waals surface area contributed by atoms with Crippen molar-refractivity contribution in [1.29, 1.82) is 0 Å². The van der Waals surface area contributed by atoms with Gasteiger partial charge in [0.05, 0.1) is 17.3 Å². The summed E-state index contributed by atoms with van der Waals surface area (Å²) in [6.45, 7) is 7.91. The van der Waals surface area contributed by atoms with E-state index >= 15 is 0 Å². The summed E-state index contributed by atoms with van der Waals surface area (Å²) in [7, 11) is 0. The molecule has 1 aromatic rings. The SMILES string of the molecule is CC1CC=C(C(F)(F)F)C(N2CCc3nc(SC(C)C)nc(NC4=CC=C(C(F)(F)F)C(C)C4)c3CC2)=N1. The summed E-state index contributed by atoms with van der Waals surface area (Å²) in [6.07, 6.45) is -3.99. The molecular formula is C26H31F6N5S. The van der Waals surface area contributed by atoms with Crippen LogP contribution in [0.2, 0.25) is 0 Å². The molecule has 0 spiro atoms. The molecule has 0 saturated carbocycles. The van der Waals surface area contributed by atoms with Crippen LogP contribution in [0.4, 0.5) is 32.2 Å². The second-order valence-electron chi connectivity index (χ2n) is 10.1. The summed E-state index contributed by atoms with van der Waals surface area (Å²) in [5.41, 5.74) is 0.802. The average Bonchev–Trinajstić information content (AvgIpc) is 3.00. The second-order valence-corrected chi connectivity index (χ2v) is 11.7. The summed E-state index contributed by atoms with van der Waals surface area (Å²) in [6, 6.07) is -0.248. The Morgan fingerprint density at radius 2 is 1.71 bits per heavy atom. The number of fused-ring (bicyclic) bond motifs is 1. The molecule has 0 saturated heterocycles. The molecule has 0 bridgehead atoms. The molecule has 1 N–H and O–H groups in total. The van der Waals surface area contributed by atoms with E-state index in [1.54, 1.807) is 11.8 Å². The van der Waals surface area contributed by atoms with E-state index in [0.29, 0.717) is 36.1 Å². The van der Waals surface area contributed by atoms with Gasteiger partial charge in [0.1, 0.15) is 11.7 Å². The maximum atomic E-state index is 13.8. The lowest BCUT2D eigenvalue weighted by atomic mass is 9.91. The molecule has 5 nitrogen and oxygen atoms in total. The highest BCUT2D eigenvalue weighted by atomic mass is 32.2. The van der Waals surface area contributed by atoms with Crippen molar-refractivity contribution >= 4 is 23.4 Å². The first-order valence-electron chi connectivity index (χ1n) is 12.6. The van der Waals surface area contributed by atoms with Crippen LogP contribution < -0.4 is 5.32 Å². The van der Waals surface area contributed by atoms with Crippen LogP contribution in [-0.4, -0.2) is 57.4 Å². The van der Waals surface area contributed by atoms with E-state index in [4.69, 9.17) is 4.98 Å². The third kappa shape index (κ3) is 6.55. The number of anilines is 1. The van der Waals surface area contributed by atoms with Crippen molar-refractivity contribution in [2.24, 2.45) is 10.9 Å². The molecule has 2 aliphatic heterocycles. The lowest BCUT2D eigenvalue weighted by molar-refractivity contribution is -0.0986. The number of aromatic nitrogens is 2. The molecule has 2 unspecified atom stereocenters. The molecule has 0 amide bonds. The van der Waals surface area contributed by atoms with Crippen molar-refractivity contribution in [3.63, 3.8) is 0 Å². The number of rotatable bonds is 4. The van der Waals surface area contributed by atoms with Crippen molar-refractivity contribution in [2.45, 2.75) is 82.2 Å². The van der Waals surface area contributed by atoms with E-state index in [2.05, 4.69) is 15.3 Å². The molecule has 1 aliphatic carbocycles. The molecule has 2 atom stereocenters. The Bertz CT molecular complexity index is 1180.